The van der Waals surface area contributed by atoms with Gasteiger partial charge >= 0.3 is 6.18 Å². The molecule has 1 amide bonds. The van der Waals surface area contributed by atoms with Gasteiger partial charge in [0, 0.05) is 19.1 Å². The number of carbonyl (C=O) groups excluding carboxylic acids is 1. The van der Waals surface area contributed by atoms with Crippen molar-refractivity contribution < 1.29 is 22.4 Å². The molecule has 0 aliphatic carbocycles. The first-order chi connectivity index (χ1) is 11.8. The highest BCUT2D eigenvalue weighted by atomic mass is 19.4. The maximum atomic E-state index is 13.9. The summed E-state index contributed by atoms with van der Waals surface area (Å²) in [5.74, 6) is -1.79. The number of hydrogen-bond acceptors (Lipinski definition) is 4. The zero-order chi connectivity index (χ0) is 18.2. The number of rotatable bonds is 2. The first kappa shape index (κ1) is 17.3. The van der Waals surface area contributed by atoms with E-state index < -0.39 is 35.0 Å². The third kappa shape index (κ3) is 3.34. The number of para-hydroxylation sites is 1. The molecule has 10 heteroatoms. The fourth-order valence-electron chi connectivity index (χ4n) is 2.72. The minimum atomic E-state index is -4.93. The van der Waals surface area contributed by atoms with Crippen molar-refractivity contribution in [3.8, 4) is 5.69 Å². The lowest BCUT2D eigenvalue weighted by Crippen LogP contribution is -2.43. The molecular weight excluding hydrogens is 342 g/mol. The standard InChI is InChI=1S/C15H15F4N5O/c16-10-3-1-2-4-11(10)24-13(15(17,18)19)12(21-22-24)14(25)23-7-5-9(20)6-8-23/h1-4,9H,5-8,20H2. The number of likely N-dealkylation sites (tertiary alicyclic amines) is 1. The minimum absolute atomic E-state index is 0.0831. The predicted molar refractivity (Wildman–Crippen MR) is 79.4 cm³/mol. The Morgan fingerprint density at radius 2 is 1.84 bits per heavy atom. The van der Waals surface area contributed by atoms with Gasteiger partial charge in [0.2, 0.25) is 0 Å². The third-order valence-corrected chi connectivity index (χ3v) is 4.05. The van der Waals surface area contributed by atoms with Crippen LogP contribution in [0, 0.1) is 5.82 Å². The molecule has 134 valence electrons. The van der Waals surface area contributed by atoms with Gasteiger partial charge in [-0.15, -0.1) is 5.10 Å². The van der Waals surface area contributed by atoms with Crippen LogP contribution in [0.15, 0.2) is 24.3 Å². The van der Waals surface area contributed by atoms with Gasteiger partial charge in [-0.2, -0.15) is 13.2 Å². The zero-order valence-corrected chi connectivity index (χ0v) is 13.0. The molecule has 0 spiro atoms. The lowest BCUT2D eigenvalue weighted by molar-refractivity contribution is -0.143. The van der Waals surface area contributed by atoms with Gasteiger partial charge in [0.15, 0.2) is 11.4 Å². The van der Waals surface area contributed by atoms with Crippen molar-refractivity contribution in [1.29, 1.82) is 0 Å². The zero-order valence-electron chi connectivity index (χ0n) is 13.0. The van der Waals surface area contributed by atoms with E-state index in [-0.39, 0.29) is 19.1 Å². The van der Waals surface area contributed by atoms with Crippen LogP contribution in [0.4, 0.5) is 17.6 Å². The smallest absolute Gasteiger partial charge is 0.337 e. The highest BCUT2D eigenvalue weighted by Gasteiger charge is 2.43. The first-order valence-electron chi connectivity index (χ1n) is 7.61. The Bertz CT molecular complexity index is 780. The molecule has 1 fully saturated rings. The van der Waals surface area contributed by atoms with Crippen LogP contribution in [0.2, 0.25) is 0 Å². The predicted octanol–water partition coefficient (Wildman–Crippen LogP) is 1.99. The van der Waals surface area contributed by atoms with Gasteiger partial charge in [-0.05, 0) is 25.0 Å². The van der Waals surface area contributed by atoms with E-state index in [1.807, 2.05) is 0 Å². The van der Waals surface area contributed by atoms with Crippen molar-refractivity contribution in [2.75, 3.05) is 13.1 Å². The fraction of sp³-hybridized carbons (Fsp3) is 0.400. The molecule has 2 heterocycles. The van der Waals surface area contributed by atoms with Crippen LogP contribution in [0.5, 0.6) is 0 Å². The molecule has 0 radical (unpaired) electrons. The normalized spacial score (nSPS) is 16.3. The van der Waals surface area contributed by atoms with Crippen molar-refractivity contribution in [3.05, 3.63) is 41.5 Å². The summed E-state index contributed by atoms with van der Waals surface area (Å²) in [6, 6.07) is 4.76. The molecule has 25 heavy (non-hydrogen) atoms. The van der Waals surface area contributed by atoms with Crippen molar-refractivity contribution in [1.82, 2.24) is 19.9 Å². The largest absolute Gasteiger partial charge is 0.435 e. The Balaban J connectivity index is 2.04. The molecule has 0 saturated carbocycles. The van der Waals surface area contributed by atoms with Crippen LogP contribution in [0.1, 0.15) is 29.0 Å². The highest BCUT2D eigenvalue weighted by Crippen LogP contribution is 2.34. The Hall–Kier alpha value is -2.49. The summed E-state index contributed by atoms with van der Waals surface area (Å²) in [5.41, 5.74) is 3.08. The number of hydrogen-bond donors (Lipinski definition) is 1. The summed E-state index contributed by atoms with van der Waals surface area (Å²) in [6.45, 7) is 0.480. The van der Waals surface area contributed by atoms with E-state index in [0.29, 0.717) is 17.5 Å². The lowest BCUT2D eigenvalue weighted by Gasteiger charge is -2.29. The van der Waals surface area contributed by atoms with Crippen LogP contribution in [0.3, 0.4) is 0 Å². The molecule has 6 nitrogen and oxygen atoms in total. The molecule has 1 aromatic heterocycles. The number of nitrogens with two attached hydrogens (primary N) is 1. The molecule has 0 unspecified atom stereocenters. The number of nitrogens with zero attached hydrogens (tertiary/aromatic N) is 4. The van der Waals surface area contributed by atoms with Gasteiger partial charge in [0.25, 0.3) is 5.91 Å². The molecule has 0 atom stereocenters. The van der Waals surface area contributed by atoms with E-state index in [0.717, 1.165) is 12.1 Å². The van der Waals surface area contributed by atoms with Crippen molar-refractivity contribution in [3.63, 3.8) is 0 Å². The van der Waals surface area contributed by atoms with Gasteiger partial charge in [-0.3, -0.25) is 4.79 Å². The van der Waals surface area contributed by atoms with E-state index in [1.54, 1.807) is 0 Å². The van der Waals surface area contributed by atoms with Gasteiger partial charge < -0.3 is 10.6 Å². The van der Waals surface area contributed by atoms with Crippen LogP contribution in [0.25, 0.3) is 5.69 Å². The topological polar surface area (TPSA) is 77.0 Å². The Labute approximate surface area is 140 Å². The van der Waals surface area contributed by atoms with Crippen molar-refractivity contribution >= 4 is 5.91 Å². The number of halogens is 4. The molecule has 1 aliphatic heterocycles. The van der Waals surface area contributed by atoms with E-state index in [4.69, 9.17) is 5.73 Å². The van der Waals surface area contributed by atoms with E-state index in [2.05, 4.69) is 10.3 Å². The van der Waals surface area contributed by atoms with Gasteiger partial charge in [-0.25, -0.2) is 9.07 Å². The molecule has 2 N–H and O–H groups in total. The van der Waals surface area contributed by atoms with E-state index in [1.165, 1.54) is 17.0 Å². The maximum absolute atomic E-state index is 13.9. The monoisotopic (exact) mass is 357 g/mol. The molecule has 2 aromatic rings. The fourth-order valence-corrected chi connectivity index (χ4v) is 2.72. The van der Waals surface area contributed by atoms with Crippen LogP contribution < -0.4 is 5.73 Å². The number of amides is 1. The second-order valence-corrected chi connectivity index (χ2v) is 5.78. The number of benzene rings is 1. The number of piperidine rings is 1. The van der Waals surface area contributed by atoms with Gasteiger partial charge in [-0.1, -0.05) is 17.3 Å². The summed E-state index contributed by atoms with van der Waals surface area (Å²) < 4.78 is 54.8. The number of aromatic nitrogens is 3. The molecule has 1 aromatic carbocycles. The van der Waals surface area contributed by atoms with Crippen LogP contribution in [-0.4, -0.2) is 44.9 Å². The summed E-state index contributed by atoms with van der Waals surface area (Å²) in [5, 5.41) is 6.78. The molecule has 0 bridgehead atoms. The average Bonchev–Trinajstić information content (AvgIpc) is 3.00. The highest BCUT2D eigenvalue weighted by molar-refractivity contribution is 5.93. The number of carbonyl (C=O) groups is 1. The van der Waals surface area contributed by atoms with Crippen molar-refractivity contribution in [2.24, 2.45) is 5.73 Å². The van der Waals surface area contributed by atoms with E-state index >= 15 is 0 Å². The quantitative estimate of drug-likeness (QED) is 0.834. The second-order valence-electron chi connectivity index (χ2n) is 5.78. The summed E-state index contributed by atoms with van der Waals surface area (Å²) in [6.07, 6.45) is -3.94. The third-order valence-electron chi connectivity index (χ3n) is 4.05. The van der Waals surface area contributed by atoms with Crippen LogP contribution >= 0.6 is 0 Å². The first-order valence-corrected chi connectivity index (χ1v) is 7.61. The Morgan fingerprint density at radius 1 is 1.20 bits per heavy atom. The number of alkyl halides is 3. The molecule has 3 rings (SSSR count). The SMILES string of the molecule is NC1CCN(C(=O)c2nnn(-c3ccccc3F)c2C(F)(F)F)CC1. The maximum Gasteiger partial charge on any atom is 0.435 e. The van der Waals surface area contributed by atoms with Crippen molar-refractivity contribution in [2.45, 2.75) is 25.1 Å². The lowest BCUT2D eigenvalue weighted by atomic mass is 10.1. The summed E-state index contributed by atoms with van der Waals surface area (Å²) in [7, 11) is 0. The molecule has 1 saturated heterocycles. The molecular formula is C15H15F4N5O. The van der Waals surface area contributed by atoms with Crippen LogP contribution in [-0.2, 0) is 6.18 Å². The van der Waals surface area contributed by atoms with Gasteiger partial charge in [0.05, 0.1) is 0 Å². The second kappa shape index (κ2) is 6.43. The molecule has 1 aliphatic rings. The minimum Gasteiger partial charge on any atom is -0.337 e. The Kier molecular flexibility index (Phi) is 4.46. The average molecular weight is 357 g/mol. The summed E-state index contributed by atoms with van der Waals surface area (Å²) >= 11 is 0. The Morgan fingerprint density at radius 3 is 2.44 bits per heavy atom. The van der Waals surface area contributed by atoms with E-state index in [9.17, 15) is 22.4 Å². The summed E-state index contributed by atoms with van der Waals surface area (Å²) in [4.78, 5) is 13.7. The van der Waals surface area contributed by atoms with Gasteiger partial charge in [0.1, 0.15) is 11.5 Å².